The molecular weight excluding hydrogens is 262 g/mol. The number of rotatable bonds is 3. The number of imidazole rings is 1. The summed E-state index contributed by atoms with van der Waals surface area (Å²) in [6, 6.07) is 4.00. The van der Waals surface area contributed by atoms with Crippen LogP contribution in [-0.4, -0.2) is 25.6 Å². The Labute approximate surface area is 105 Å². The maximum Gasteiger partial charge on any atom is 0.356 e. The van der Waals surface area contributed by atoms with Gasteiger partial charge in [-0.1, -0.05) is 11.6 Å². The number of hydrogen-bond donors (Lipinski definition) is 1. The Morgan fingerprint density at radius 1 is 1.50 bits per heavy atom. The molecule has 0 amide bonds. The summed E-state index contributed by atoms with van der Waals surface area (Å²) in [6.07, 6.45) is 2.36. The first-order chi connectivity index (χ1) is 8.49. The van der Waals surface area contributed by atoms with E-state index in [2.05, 4.69) is 4.98 Å². The highest BCUT2D eigenvalue weighted by Crippen LogP contribution is 2.26. The van der Waals surface area contributed by atoms with E-state index in [0.717, 1.165) is 0 Å². The molecule has 1 aromatic heterocycles. The molecular formula is C10H6ClN3O4. The van der Waals surface area contributed by atoms with E-state index in [1.165, 1.54) is 35.3 Å². The minimum absolute atomic E-state index is 0.160. The zero-order valence-electron chi connectivity index (χ0n) is 8.78. The van der Waals surface area contributed by atoms with Gasteiger partial charge in [0, 0.05) is 17.3 Å². The molecule has 1 heterocycles. The first-order valence-corrected chi connectivity index (χ1v) is 5.08. The van der Waals surface area contributed by atoms with Gasteiger partial charge in [0.15, 0.2) is 5.69 Å². The van der Waals surface area contributed by atoms with Crippen LogP contribution in [0.5, 0.6) is 0 Å². The Bertz CT molecular complexity index is 638. The van der Waals surface area contributed by atoms with Crippen LogP contribution in [0.1, 0.15) is 10.5 Å². The first kappa shape index (κ1) is 12.1. The lowest BCUT2D eigenvalue weighted by atomic mass is 10.2. The molecule has 2 aromatic rings. The van der Waals surface area contributed by atoms with E-state index in [9.17, 15) is 14.9 Å². The minimum atomic E-state index is -1.21. The summed E-state index contributed by atoms with van der Waals surface area (Å²) in [5.74, 6) is -1.21. The third kappa shape index (κ3) is 2.16. The summed E-state index contributed by atoms with van der Waals surface area (Å²) >= 11 is 5.77. The molecule has 7 nitrogen and oxygen atoms in total. The van der Waals surface area contributed by atoms with E-state index in [0.29, 0.717) is 5.02 Å². The summed E-state index contributed by atoms with van der Waals surface area (Å²) in [5, 5.41) is 19.9. The third-order valence-electron chi connectivity index (χ3n) is 2.21. The maximum absolute atomic E-state index is 10.9. The second-order valence-electron chi connectivity index (χ2n) is 3.36. The van der Waals surface area contributed by atoms with Gasteiger partial charge in [-0.3, -0.25) is 14.7 Å². The number of nitrogens with zero attached hydrogens (tertiary/aromatic N) is 3. The summed E-state index contributed by atoms with van der Waals surface area (Å²) in [7, 11) is 0. The van der Waals surface area contributed by atoms with Crippen LogP contribution in [0, 0.1) is 10.1 Å². The number of carboxylic acids is 1. The zero-order chi connectivity index (χ0) is 13.3. The maximum atomic E-state index is 10.9. The molecule has 2 rings (SSSR count). The first-order valence-electron chi connectivity index (χ1n) is 4.70. The van der Waals surface area contributed by atoms with Gasteiger partial charge in [0.1, 0.15) is 12.0 Å². The molecule has 0 spiro atoms. The van der Waals surface area contributed by atoms with Crippen LogP contribution in [0.3, 0.4) is 0 Å². The van der Waals surface area contributed by atoms with Crippen molar-refractivity contribution < 1.29 is 14.8 Å². The Morgan fingerprint density at radius 3 is 2.78 bits per heavy atom. The van der Waals surface area contributed by atoms with Gasteiger partial charge < -0.3 is 5.11 Å². The normalized spacial score (nSPS) is 10.3. The molecule has 8 heteroatoms. The fourth-order valence-corrected chi connectivity index (χ4v) is 1.59. The van der Waals surface area contributed by atoms with Crippen LogP contribution >= 0.6 is 11.6 Å². The average Bonchev–Trinajstić information content (AvgIpc) is 2.77. The predicted molar refractivity (Wildman–Crippen MR) is 62.2 cm³/mol. The van der Waals surface area contributed by atoms with Crippen LogP contribution in [0.25, 0.3) is 5.69 Å². The quantitative estimate of drug-likeness (QED) is 0.678. The number of hydrogen-bond acceptors (Lipinski definition) is 4. The largest absolute Gasteiger partial charge is 0.476 e. The summed E-state index contributed by atoms with van der Waals surface area (Å²) in [6.45, 7) is 0. The lowest BCUT2D eigenvalue weighted by Crippen LogP contribution is -1.99. The smallest absolute Gasteiger partial charge is 0.356 e. The topological polar surface area (TPSA) is 98.3 Å². The van der Waals surface area contributed by atoms with Gasteiger partial charge in [0.2, 0.25) is 0 Å². The Balaban J connectivity index is 2.57. The van der Waals surface area contributed by atoms with Gasteiger partial charge >= 0.3 is 5.97 Å². The Hall–Kier alpha value is -2.41. The van der Waals surface area contributed by atoms with Crippen LogP contribution in [0.2, 0.25) is 5.02 Å². The van der Waals surface area contributed by atoms with Gasteiger partial charge in [0.25, 0.3) is 5.69 Å². The number of carbonyl (C=O) groups is 1. The molecule has 0 aliphatic rings. The molecule has 0 atom stereocenters. The lowest BCUT2D eigenvalue weighted by Gasteiger charge is -2.03. The molecule has 0 unspecified atom stereocenters. The van der Waals surface area contributed by atoms with Gasteiger partial charge in [0.05, 0.1) is 4.92 Å². The number of aromatic nitrogens is 2. The van der Waals surface area contributed by atoms with Gasteiger partial charge in [-0.2, -0.15) is 0 Å². The van der Waals surface area contributed by atoms with Crippen LogP contribution in [0.15, 0.2) is 30.7 Å². The van der Waals surface area contributed by atoms with E-state index in [1.54, 1.807) is 0 Å². The highest BCUT2D eigenvalue weighted by molar-refractivity contribution is 6.30. The molecule has 0 saturated heterocycles. The predicted octanol–water partition coefficient (Wildman–Crippen LogP) is 2.13. The minimum Gasteiger partial charge on any atom is -0.476 e. The molecule has 0 radical (unpaired) electrons. The van der Waals surface area contributed by atoms with E-state index in [4.69, 9.17) is 16.7 Å². The lowest BCUT2D eigenvalue weighted by molar-refractivity contribution is -0.384. The highest BCUT2D eigenvalue weighted by Gasteiger charge is 2.17. The summed E-state index contributed by atoms with van der Waals surface area (Å²) in [4.78, 5) is 24.6. The summed E-state index contributed by atoms with van der Waals surface area (Å²) < 4.78 is 1.24. The monoisotopic (exact) mass is 267 g/mol. The fourth-order valence-electron chi connectivity index (χ4n) is 1.42. The molecule has 1 aromatic carbocycles. The molecule has 0 fully saturated rings. The Kier molecular flexibility index (Phi) is 2.99. The van der Waals surface area contributed by atoms with Crippen molar-refractivity contribution in [3.63, 3.8) is 0 Å². The second kappa shape index (κ2) is 4.46. The van der Waals surface area contributed by atoms with E-state index in [-0.39, 0.29) is 17.1 Å². The number of benzene rings is 1. The van der Waals surface area contributed by atoms with E-state index < -0.39 is 10.9 Å². The summed E-state index contributed by atoms with van der Waals surface area (Å²) in [5.41, 5.74) is -0.231. The number of halogens is 1. The number of nitro groups is 1. The molecule has 0 bridgehead atoms. The second-order valence-corrected chi connectivity index (χ2v) is 3.80. The number of nitro benzene ring substituents is 1. The third-order valence-corrected chi connectivity index (χ3v) is 2.45. The standard InChI is InChI=1S/C10H6ClN3O4/c11-6-1-2-8(14(17)18)9(3-6)13-4-7(10(15)16)12-5-13/h1-5H,(H,15,16). The van der Waals surface area contributed by atoms with Crippen LogP contribution in [0.4, 0.5) is 5.69 Å². The molecule has 0 saturated carbocycles. The van der Waals surface area contributed by atoms with Gasteiger partial charge in [-0.05, 0) is 12.1 Å². The van der Waals surface area contributed by atoms with Gasteiger partial charge in [-0.25, -0.2) is 9.78 Å². The van der Waals surface area contributed by atoms with Crippen molar-refractivity contribution in [2.45, 2.75) is 0 Å². The van der Waals surface area contributed by atoms with Crippen molar-refractivity contribution in [1.29, 1.82) is 0 Å². The SMILES string of the molecule is O=C(O)c1cn(-c2cc(Cl)ccc2[N+](=O)[O-])cn1. The van der Waals surface area contributed by atoms with E-state index >= 15 is 0 Å². The molecule has 18 heavy (non-hydrogen) atoms. The van der Waals surface area contributed by atoms with Crippen molar-refractivity contribution in [1.82, 2.24) is 9.55 Å². The highest BCUT2D eigenvalue weighted by atomic mass is 35.5. The van der Waals surface area contributed by atoms with Crippen LogP contribution < -0.4 is 0 Å². The molecule has 1 N–H and O–H groups in total. The molecule has 0 aliphatic heterocycles. The average molecular weight is 268 g/mol. The van der Waals surface area contributed by atoms with Crippen molar-refractivity contribution in [2.75, 3.05) is 0 Å². The fraction of sp³-hybridized carbons (Fsp3) is 0. The molecule has 92 valence electrons. The Morgan fingerprint density at radius 2 is 2.22 bits per heavy atom. The van der Waals surface area contributed by atoms with Crippen molar-refractivity contribution in [3.05, 3.63) is 51.6 Å². The number of carboxylic acid groups (broad SMARTS) is 1. The zero-order valence-corrected chi connectivity index (χ0v) is 9.53. The molecule has 0 aliphatic carbocycles. The number of aromatic carboxylic acids is 1. The van der Waals surface area contributed by atoms with E-state index in [1.807, 2.05) is 0 Å². The van der Waals surface area contributed by atoms with Crippen molar-refractivity contribution in [3.8, 4) is 5.69 Å². The van der Waals surface area contributed by atoms with Crippen molar-refractivity contribution >= 4 is 23.3 Å². The van der Waals surface area contributed by atoms with Gasteiger partial charge in [-0.15, -0.1) is 0 Å². The van der Waals surface area contributed by atoms with Crippen LogP contribution in [-0.2, 0) is 0 Å². The van der Waals surface area contributed by atoms with Crippen molar-refractivity contribution in [2.24, 2.45) is 0 Å².